The van der Waals surface area contributed by atoms with Gasteiger partial charge in [0.15, 0.2) is 0 Å². The molecule has 1 N–H and O–H groups in total. The van der Waals surface area contributed by atoms with E-state index >= 15 is 0 Å². The molecule has 0 aliphatic heterocycles. The van der Waals surface area contributed by atoms with Crippen molar-refractivity contribution in [2.75, 3.05) is 18.6 Å². The van der Waals surface area contributed by atoms with Crippen LogP contribution in [0.4, 0.5) is 0 Å². The van der Waals surface area contributed by atoms with E-state index in [2.05, 4.69) is 37.3 Å². The fourth-order valence-electron chi connectivity index (χ4n) is 1.58. The van der Waals surface area contributed by atoms with Crippen LogP contribution < -0.4 is 5.32 Å². The Hall–Kier alpha value is -0.0600. The Labute approximate surface area is 101 Å². The quantitative estimate of drug-likeness (QED) is 0.778. The van der Waals surface area contributed by atoms with Gasteiger partial charge in [0.25, 0.3) is 0 Å². The van der Waals surface area contributed by atoms with Crippen LogP contribution in [-0.2, 0) is 0 Å². The molecule has 0 bridgehead atoms. The molecule has 0 fully saturated rings. The maximum atomic E-state index is 4.56. The molecule has 1 heterocycles. The summed E-state index contributed by atoms with van der Waals surface area (Å²) in [5.41, 5.74) is 1.22. The zero-order valence-electron chi connectivity index (χ0n) is 9.96. The third-order valence-corrected chi connectivity index (χ3v) is 3.92. The highest BCUT2D eigenvalue weighted by Crippen LogP contribution is 2.22. The summed E-state index contributed by atoms with van der Waals surface area (Å²) in [6.07, 6.45) is 3.38. The van der Waals surface area contributed by atoms with Crippen LogP contribution >= 0.6 is 23.1 Å². The second-order valence-corrected chi connectivity index (χ2v) is 6.09. The minimum atomic E-state index is 0.386. The molecule has 1 atom stereocenters. The number of hydrogen-bond donors (Lipinski definition) is 1. The van der Waals surface area contributed by atoms with Crippen molar-refractivity contribution in [3.63, 3.8) is 0 Å². The topological polar surface area (TPSA) is 24.9 Å². The summed E-state index contributed by atoms with van der Waals surface area (Å²) in [7, 11) is 0. The number of aryl methyl sites for hydroxylation is 2. The molecule has 1 unspecified atom stereocenters. The van der Waals surface area contributed by atoms with E-state index in [1.54, 1.807) is 11.3 Å². The van der Waals surface area contributed by atoms with Crippen LogP contribution in [0.5, 0.6) is 0 Å². The normalized spacial score (nSPS) is 13.1. The van der Waals surface area contributed by atoms with Gasteiger partial charge in [0, 0.05) is 10.9 Å². The van der Waals surface area contributed by atoms with E-state index in [9.17, 15) is 0 Å². The predicted octanol–water partition coefficient (Wildman–Crippen LogP) is 3.16. The van der Waals surface area contributed by atoms with Gasteiger partial charge in [-0.05, 0) is 45.7 Å². The van der Waals surface area contributed by atoms with Crippen LogP contribution in [0.3, 0.4) is 0 Å². The van der Waals surface area contributed by atoms with E-state index in [1.807, 2.05) is 11.8 Å². The van der Waals surface area contributed by atoms with Gasteiger partial charge in [0.2, 0.25) is 0 Å². The molecule has 0 spiro atoms. The summed E-state index contributed by atoms with van der Waals surface area (Å²) in [5, 5.41) is 4.69. The first-order valence-corrected chi connectivity index (χ1v) is 7.52. The fourth-order valence-corrected chi connectivity index (χ4v) is 2.93. The summed E-state index contributed by atoms with van der Waals surface area (Å²) in [6.45, 7) is 7.50. The number of nitrogens with zero attached hydrogens (tertiary/aromatic N) is 1. The van der Waals surface area contributed by atoms with Crippen molar-refractivity contribution in [2.24, 2.45) is 0 Å². The molecule has 0 amide bonds. The number of thioether (sulfide) groups is 1. The van der Waals surface area contributed by atoms with E-state index in [-0.39, 0.29) is 0 Å². The minimum Gasteiger partial charge on any atom is -0.309 e. The standard InChI is InChI=1S/C11H20N2S2/c1-8(12-6-5-7-14-4)11-9(2)15-10(3)13-11/h8,12H,5-7H2,1-4H3. The monoisotopic (exact) mass is 244 g/mol. The van der Waals surface area contributed by atoms with E-state index in [1.165, 1.54) is 27.8 Å². The summed E-state index contributed by atoms with van der Waals surface area (Å²) >= 11 is 3.69. The highest BCUT2D eigenvalue weighted by molar-refractivity contribution is 7.98. The van der Waals surface area contributed by atoms with Gasteiger partial charge in [-0.2, -0.15) is 11.8 Å². The van der Waals surface area contributed by atoms with Gasteiger partial charge >= 0.3 is 0 Å². The molecule has 0 aromatic carbocycles. The second-order valence-electron chi connectivity index (χ2n) is 3.70. The van der Waals surface area contributed by atoms with Crippen molar-refractivity contribution in [2.45, 2.75) is 33.2 Å². The number of rotatable bonds is 6. The molecule has 0 aliphatic rings. The van der Waals surface area contributed by atoms with Crippen molar-refractivity contribution < 1.29 is 0 Å². The second kappa shape index (κ2) is 6.51. The van der Waals surface area contributed by atoms with Crippen molar-refractivity contribution in [1.82, 2.24) is 10.3 Å². The van der Waals surface area contributed by atoms with Gasteiger partial charge < -0.3 is 5.32 Å². The molecular formula is C11H20N2S2. The van der Waals surface area contributed by atoms with Crippen molar-refractivity contribution >= 4 is 23.1 Å². The maximum Gasteiger partial charge on any atom is 0.0900 e. The first-order chi connectivity index (χ1) is 7.15. The highest BCUT2D eigenvalue weighted by Gasteiger charge is 2.11. The molecule has 15 heavy (non-hydrogen) atoms. The van der Waals surface area contributed by atoms with Gasteiger partial charge in [-0.1, -0.05) is 0 Å². The zero-order chi connectivity index (χ0) is 11.3. The largest absolute Gasteiger partial charge is 0.309 e. The van der Waals surface area contributed by atoms with Crippen molar-refractivity contribution in [1.29, 1.82) is 0 Å². The average molecular weight is 244 g/mol. The Morgan fingerprint density at radius 3 is 2.73 bits per heavy atom. The molecule has 1 aromatic rings. The van der Waals surface area contributed by atoms with E-state index in [0.29, 0.717) is 6.04 Å². The van der Waals surface area contributed by atoms with Gasteiger partial charge in [-0.15, -0.1) is 11.3 Å². The number of nitrogens with one attached hydrogen (secondary N) is 1. The van der Waals surface area contributed by atoms with Crippen molar-refractivity contribution in [3.8, 4) is 0 Å². The molecule has 4 heteroatoms. The zero-order valence-corrected chi connectivity index (χ0v) is 11.6. The molecule has 0 aliphatic carbocycles. The Morgan fingerprint density at radius 1 is 1.47 bits per heavy atom. The van der Waals surface area contributed by atoms with E-state index in [0.717, 1.165) is 6.54 Å². The van der Waals surface area contributed by atoms with Crippen LogP contribution in [0.15, 0.2) is 0 Å². The third-order valence-electron chi connectivity index (χ3n) is 2.33. The predicted molar refractivity (Wildman–Crippen MR) is 71.0 cm³/mol. The summed E-state index contributed by atoms with van der Waals surface area (Å²) < 4.78 is 0. The lowest BCUT2D eigenvalue weighted by Crippen LogP contribution is -2.21. The summed E-state index contributed by atoms with van der Waals surface area (Å²) in [5.74, 6) is 1.23. The van der Waals surface area contributed by atoms with Crippen LogP contribution in [0.1, 0.15) is 35.0 Å². The van der Waals surface area contributed by atoms with Gasteiger partial charge in [0.05, 0.1) is 10.7 Å². The third kappa shape index (κ3) is 4.13. The Morgan fingerprint density at radius 2 is 2.20 bits per heavy atom. The van der Waals surface area contributed by atoms with Crippen LogP contribution in [0.2, 0.25) is 0 Å². The lowest BCUT2D eigenvalue weighted by molar-refractivity contribution is 0.560. The molecule has 0 radical (unpaired) electrons. The minimum absolute atomic E-state index is 0.386. The molecule has 1 aromatic heterocycles. The number of aromatic nitrogens is 1. The summed E-state index contributed by atoms with van der Waals surface area (Å²) in [4.78, 5) is 5.90. The molecule has 86 valence electrons. The molecule has 2 nitrogen and oxygen atoms in total. The Balaban J connectivity index is 2.39. The van der Waals surface area contributed by atoms with Gasteiger partial charge in [-0.25, -0.2) is 4.98 Å². The maximum absolute atomic E-state index is 4.56. The Kier molecular flexibility index (Phi) is 5.64. The lowest BCUT2D eigenvalue weighted by atomic mass is 10.2. The van der Waals surface area contributed by atoms with Gasteiger partial charge in [-0.3, -0.25) is 0 Å². The summed E-state index contributed by atoms with van der Waals surface area (Å²) in [6, 6.07) is 0.386. The van der Waals surface area contributed by atoms with Crippen LogP contribution in [-0.4, -0.2) is 23.5 Å². The van der Waals surface area contributed by atoms with Gasteiger partial charge in [0.1, 0.15) is 0 Å². The SMILES string of the molecule is CSCCCNC(C)c1nc(C)sc1C. The number of hydrogen-bond acceptors (Lipinski definition) is 4. The smallest absolute Gasteiger partial charge is 0.0900 e. The number of thiazole rings is 1. The Bertz CT molecular complexity index is 297. The fraction of sp³-hybridized carbons (Fsp3) is 0.727. The van der Waals surface area contributed by atoms with E-state index < -0.39 is 0 Å². The molecular weight excluding hydrogens is 224 g/mol. The van der Waals surface area contributed by atoms with Crippen molar-refractivity contribution in [3.05, 3.63) is 15.6 Å². The van der Waals surface area contributed by atoms with E-state index in [4.69, 9.17) is 0 Å². The van der Waals surface area contributed by atoms with Crippen LogP contribution in [0.25, 0.3) is 0 Å². The first-order valence-electron chi connectivity index (χ1n) is 5.31. The van der Waals surface area contributed by atoms with Crippen LogP contribution in [0, 0.1) is 13.8 Å². The average Bonchev–Trinajstić information content (AvgIpc) is 2.52. The highest BCUT2D eigenvalue weighted by atomic mass is 32.2. The molecule has 0 saturated heterocycles. The lowest BCUT2D eigenvalue weighted by Gasteiger charge is -2.12. The molecule has 1 rings (SSSR count). The first kappa shape index (κ1) is 13.0. The molecule has 0 saturated carbocycles.